The number of nitrogens with zero attached hydrogens (tertiary/aromatic N) is 2. The van der Waals surface area contributed by atoms with Crippen molar-refractivity contribution in [3.63, 3.8) is 0 Å². The predicted molar refractivity (Wildman–Crippen MR) is 135 cm³/mol. The highest BCUT2D eigenvalue weighted by molar-refractivity contribution is 9.10. The van der Waals surface area contributed by atoms with E-state index in [1.54, 1.807) is 66.7 Å². The van der Waals surface area contributed by atoms with Crippen LogP contribution in [-0.4, -0.2) is 35.4 Å². The molecule has 5 rings (SSSR count). The highest BCUT2D eigenvalue weighted by atomic mass is 79.9. The lowest BCUT2D eigenvalue weighted by atomic mass is 9.91. The summed E-state index contributed by atoms with van der Waals surface area (Å²) >= 11 is 9.45. The van der Waals surface area contributed by atoms with Crippen LogP contribution in [0.5, 0.6) is 5.75 Å². The van der Waals surface area contributed by atoms with Gasteiger partial charge in [0.15, 0.2) is 0 Å². The molecule has 7 nitrogen and oxygen atoms in total. The minimum Gasteiger partial charge on any atom is -0.494 e. The van der Waals surface area contributed by atoms with Gasteiger partial charge in [-0.2, -0.15) is 0 Å². The van der Waals surface area contributed by atoms with E-state index in [0.29, 0.717) is 28.6 Å². The minimum absolute atomic E-state index is 0.374. The van der Waals surface area contributed by atoms with Crippen molar-refractivity contribution in [2.75, 3.05) is 11.5 Å². The zero-order valence-corrected chi connectivity index (χ0v) is 21.0. The number of ether oxygens (including phenoxy) is 1. The summed E-state index contributed by atoms with van der Waals surface area (Å²) in [6, 6.07) is 19.1. The van der Waals surface area contributed by atoms with Gasteiger partial charge in [0, 0.05) is 15.1 Å². The highest BCUT2D eigenvalue weighted by Crippen LogP contribution is 2.42. The van der Waals surface area contributed by atoms with Gasteiger partial charge in [-0.25, -0.2) is 10.3 Å². The van der Waals surface area contributed by atoms with E-state index in [1.165, 1.54) is 5.01 Å². The lowest BCUT2D eigenvalue weighted by Gasteiger charge is -2.25. The lowest BCUT2D eigenvalue weighted by molar-refractivity contribution is -0.123. The minimum atomic E-state index is -0.999. The first-order valence-corrected chi connectivity index (χ1v) is 12.3. The smallest absolute Gasteiger partial charge is 0.268 e. The standard InChI is InChI=1S/C26H21BrClN3O4/c1-2-35-20-12-10-19(11-13-20)30-25(33)21-22(15-6-8-18(28)9-7-15)29-31(23(21)26(30)34)24(32)16-4-3-5-17(27)14-16/h3-14,21-23,29H,2H2,1H3. The summed E-state index contributed by atoms with van der Waals surface area (Å²) in [5.74, 6) is -1.39. The molecule has 3 amide bonds. The molecule has 0 bridgehead atoms. The second-order valence-corrected chi connectivity index (χ2v) is 9.61. The number of imide groups is 1. The topological polar surface area (TPSA) is 79.0 Å². The van der Waals surface area contributed by atoms with Crippen molar-refractivity contribution in [2.24, 2.45) is 5.92 Å². The number of carbonyl (C=O) groups excluding carboxylic acids is 3. The molecule has 2 saturated heterocycles. The number of fused-ring (bicyclic) bond motifs is 1. The number of rotatable bonds is 5. The zero-order chi connectivity index (χ0) is 24.7. The fourth-order valence-electron chi connectivity index (χ4n) is 4.60. The number of anilines is 1. The molecule has 3 aromatic rings. The summed E-state index contributed by atoms with van der Waals surface area (Å²) in [5.41, 5.74) is 4.72. The van der Waals surface area contributed by atoms with Crippen LogP contribution >= 0.6 is 27.5 Å². The maximum absolute atomic E-state index is 13.7. The molecular formula is C26H21BrClN3O4. The molecule has 1 N–H and O–H groups in total. The summed E-state index contributed by atoms with van der Waals surface area (Å²) < 4.78 is 6.21. The molecule has 3 aromatic carbocycles. The molecule has 0 radical (unpaired) electrons. The van der Waals surface area contributed by atoms with Gasteiger partial charge in [0.1, 0.15) is 11.8 Å². The van der Waals surface area contributed by atoms with Crippen molar-refractivity contribution >= 4 is 50.9 Å². The van der Waals surface area contributed by atoms with Crippen molar-refractivity contribution < 1.29 is 19.1 Å². The summed E-state index contributed by atoms with van der Waals surface area (Å²) in [6.07, 6.45) is 0. The van der Waals surface area contributed by atoms with Crippen molar-refractivity contribution in [2.45, 2.75) is 19.0 Å². The number of hydrogen-bond donors (Lipinski definition) is 1. The van der Waals surface area contributed by atoms with E-state index in [0.717, 1.165) is 14.9 Å². The maximum atomic E-state index is 13.7. The summed E-state index contributed by atoms with van der Waals surface area (Å²) in [7, 11) is 0. The van der Waals surface area contributed by atoms with Crippen LogP contribution in [0.1, 0.15) is 28.9 Å². The Morgan fingerprint density at radius 2 is 1.74 bits per heavy atom. The molecule has 0 saturated carbocycles. The Bertz CT molecular complexity index is 1300. The van der Waals surface area contributed by atoms with Crippen molar-refractivity contribution in [3.05, 3.63) is 93.4 Å². The molecule has 2 aliphatic heterocycles. The number of halogens is 2. The number of benzene rings is 3. The third-order valence-electron chi connectivity index (χ3n) is 6.16. The average molecular weight is 555 g/mol. The predicted octanol–water partition coefficient (Wildman–Crippen LogP) is 4.76. The van der Waals surface area contributed by atoms with Gasteiger partial charge in [-0.1, -0.05) is 45.7 Å². The zero-order valence-electron chi connectivity index (χ0n) is 18.7. The Hall–Kier alpha value is -3.20. The molecule has 2 heterocycles. The normalized spacial score (nSPS) is 21.4. The van der Waals surface area contributed by atoms with Gasteiger partial charge in [-0.3, -0.25) is 19.4 Å². The van der Waals surface area contributed by atoms with Gasteiger partial charge in [0.05, 0.1) is 24.3 Å². The van der Waals surface area contributed by atoms with E-state index in [-0.39, 0.29) is 5.91 Å². The van der Waals surface area contributed by atoms with Gasteiger partial charge < -0.3 is 4.74 Å². The van der Waals surface area contributed by atoms with E-state index in [4.69, 9.17) is 16.3 Å². The summed E-state index contributed by atoms with van der Waals surface area (Å²) in [4.78, 5) is 42.0. The van der Waals surface area contributed by atoms with Crippen LogP contribution in [0.4, 0.5) is 5.69 Å². The first-order chi connectivity index (χ1) is 16.9. The van der Waals surface area contributed by atoms with Crippen LogP contribution in [0.25, 0.3) is 0 Å². The fourth-order valence-corrected chi connectivity index (χ4v) is 5.12. The number of amides is 3. The van der Waals surface area contributed by atoms with Crippen LogP contribution in [0.2, 0.25) is 5.02 Å². The average Bonchev–Trinajstić information content (AvgIpc) is 3.37. The number of carbonyl (C=O) groups is 3. The van der Waals surface area contributed by atoms with Gasteiger partial charge in [0.25, 0.3) is 11.8 Å². The summed E-state index contributed by atoms with van der Waals surface area (Å²) in [5, 5.41) is 1.84. The molecule has 9 heteroatoms. The summed E-state index contributed by atoms with van der Waals surface area (Å²) in [6.45, 7) is 2.38. The third-order valence-corrected chi connectivity index (χ3v) is 6.91. The molecule has 2 aliphatic rings. The van der Waals surface area contributed by atoms with E-state index < -0.39 is 29.8 Å². The molecular weight excluding hydrogens is 534 g/mol. The second-order valence-electron chi connectivity index (χ2n) is 8.25. The number of hydrazine groups is 1. The molecule has 35 heavy (non-hydrogen) atoms. The van der Waals surface area contributed by atoms with E-state index in [9.17, 15) is 14.4 Å². The monoisotopic (exact) mass is 553 g/mol. The Morgan fingerprint density at radius 3 is 2.40 bits per heavy atom. The van der Waals surface area contributed by atoms with Crippen LogP contribution in [0.3, 0.4) is 0 Å². The van der Waals surface area contributed by atoms with Gasteiger partial charge in [0.2, 0.25) is 5.91 Å². The van der Waals surface area contributed by atoms with Crippen LogP contribution in [0, 0.1) is 5.92 Å². The van der Waals surface area contributed by atoms with Crippen molar-refractivity contribution in [1.82, 2.24) is 10.4 Å². The number of hydrogen-bond acceptors (Lipinski definition) is 5. The molecule has 3 unspecified atom stereocenters. The van der Waals surface area contributed by atoms with Gasteiger partial charge in [-0.15, -0.1) is 0 Å². The lowest BCUT2D eigenvalue weighted by Crippen LogP contribution is -2.48. The molecule has 0 aromatic heterocycles. The van der Waals surface area contributed by atoms with Crippen LogP contribution in [-0.2, 0) is 9.59 Å². The Labute approximate surface area is 215 Å². The quantitative estimate of drug-likeness (QED) is 0.460. The van der Waals surface area contributed by atoms with Crippen molar-refractivity contribution in [1.29, 1.82) is 0 Å². The second kappa shape index (κ2) is 9.45. The first kappa shape index (κ1) is 23.5. The molecule has 2 fully saturated rings. The maximum Gasteiger partial charge on any atom is 0.268 e. The Balaban J connectivity index is 1.54. The SMILES string of the molecule is CCOc1ccc(N2C(=O)C3C(c4ccc(Cl)cc4)NN(C(=O)c4cccc(Br)c4)C3C2=O)cc1. The van der Waals surface area contributed by atoms with E-state index in [1.807, 2.05) is 13.0 Å². The molecule has 3 atom stereocenters. The van der Waals surface area contributed by atoms with Crippen LogP contribution < -0.4 is 15.1 Å². The van der Waals surface area contributed by atoms with Crippen molar-refractivity contribution in [3.8, 4) is 5.75 Å². The molecule has 0 aliphatic carbocycles. The van der Waals surface area contributed by atoms with Crippen LogP contribution in [0.15, 0.2) is 77.3 Å². The largest absolute Gasteiger partial charge is 0.494 e. The van der Waals surface area contributed by atoms with E-state index in [2.05, 4.69) is 21.4 Å². The highest BCUT2D eigenvalue weighted by Gasteiger charge is 2.60. The first-order valence-electron chi connectivity index (χ1n) is 11.1. The molecule has 178 valence electrons. The number of nitrogens with one attached hydrogen (secondary N) is 1. The van der Waals surface area contributed by atoms with Gasteiger partial charge >= 0.3 is 0 Å². The fraction of sp³-hybridized carbons (Fsp3) is 0.192. The Morgan fingerprint density at radius 1 is 1.03 bits per heavy atom. The van der Waals surface area contributed by atoms with Gasteiger partial charge in [-0.05, 0) is 67.1 Å². The van der Waals surface area contributed by atoms with E-state index >= 15 is 0 Å². The Kier molecular flexibility index (Phi) is 6.35. The molecule has 0 spiro atoms. The third kappa shape index (κ3) is 4.22.